The minimum absolute atomic E-state index is 0.423. The van der Waals surface area contributed by atoms with Crippen molar-refractivity contribution in [2.24, 2.45) is 10.7 Å². The monoisotopic (exact) mass is 326 g/mol. The molecular formula is C19H26N4O. The zero-order chi connectivity index (χ0) is 17.2. The predicted octanol–water partition coefficient (Wildman–Crippen LogP) is 2.69. The van der Waals surface area contributed by atoms with Gasteiger partial charge in [-0.25, -0.2) is 0 Å². The van der Waals surface area contributed by atoms with Gasteiger partial charge in [0.15, 0.2) is 5.96 Å². The second kappa shape index (κ2) is 9.70. The summed E-state index contributed by atoms with van der Waals surface area (Å²) >= 11 is 0. The Kier molecular flexibility index (Phi) is 7.26. The summed E-state index contributed by atoms with van der Waals surface area (Å²) < 4.78 is 5.19. The van der Waals surface area contributed by atoms with Crippen LogP contribution >= 0.6 is 0 Å². The highest BCUT2D eigenvalue weighted by Crippen LogP contribution is 2.15. The molecule has 0 saturated carbocycles. The lowest BCUT2D eigenvalue weighted by Gasteiger charge is -2.16. The van der Waals surface area contributed by atoms with Crippen LogP contribution in [0.25, 0.3) is 0 Å². The number of ether oxygens (including phenoxy) is 1. The number of rotatable bonds is 8. The maximum absolute atomic E-state index is 5.99. The highest BCUT2D eigenvalue weighted by molar-refractivity contribution is 5.92. The third-order valence-corrected chi connectivity index (χ3v) is 3.64. The maximum Gasteiger partial charge on any atom is 0.193 e. The minimum Gasteiger partial charge on any atom is -0.380 e. The summed E-state index contributed by atoms with van der Waals surface area (Å²) in [6, 6.07) is 18.3. The van der Waals surface area contributed by atoms with Gasteiger partial charge >= 0.3 is 0 Å². The zero-order valence-corrected chi connectivity index (χ0v) is 14.4. The van der Waals surface area contributed by atoms with Crippen LogP contribution < -0.4 is 11.1 Å². The molecule has 0 radical (unpaired) electrons. The molecule has 24 heavy (non-hydrogen) atoms. The van der Waals surface area contributed by atoms with Gasteiger partial charge in [0.05, 0.1) is 13.2 Å². The van der Waals surface area contributed by atoms with Crippen LogP contribution in [0.4, 0.5) is 5.69 Å². The Hall–Kier alpha value is -2.37. The number of methoxy groups -OCH3 is 1. The number of guanidine groups is 1. The zero-order valence-electron chi connectivity index (χ0n) is 14.4. The number of nitrogens with zero attached hydrogens (tertiary/aromatic N) is 2. The number of nitrogens with two attached hydrogens (primary N) is 1. The number of benzene rings is 2. The molecule has 3 N–H and O–H groups in total. The molecule has 0 aromatic heterocycles. The van der Waals surface area contributed by atoms with Crippen molar-refractivity contribution in [3.8, 4) is 0 Å². The first-order valence-electron chi connectivity index (χ1n) is 8.05. The largest absolute Gasteiger partial charge is 0.380 e. The lowest BCUT2D eigenvalue weighted by molar-refractivity contribution is 0.185. The predicted molar refractivity (Wildman–Crippen MR) is 100 cm³/mol. The van der Waals surface area contributed by atoms with Crippen LogP contribution in [-0.4, -0.2) is 38.1 Å². The quantitative estimate of drug-likeness (QED) is 0.578. The number of likely N-dealkylation sites (N-methyl/N-ethyl adjacent to an activating group) is 1. The number of nitrogens with one attached hydrogen (secondary N) is 1. The number of aliphatic imine (C=N–C) groups is 1. The maximum atomic E-state index is 5.99. The standard InChI is InChI=1S/C19H26N4O/c1-23(14-16-8-4-3-5-9-16)13-12-21-19(20)22-18-11-7-6-10-17(18)15-24-2/h3-11H,12-15H2,1-2H3,(H3,20,21,22). The van der Waals surface area contributed by atoms with Gasteiger partial charge in [-0.05, 0) is 18.7 Å². The Bertz CT molecular complexity index is 643. The summed E-state index contributed by atoms with van der Waals surface area (Å²) in [6.07, 6.45) is 0. The lowest BCUT2D eigenvalue weighted by Crippen LogP contribution is -2.26. The third-order valence-electron chi connectivity index (χ3n) is 3.64. The average Bonchev–Trinajstić information content (AvgIpc) is 2.58. The molecule has 0 bridgehead atoms. The van der Waals surface area contributed by atoms with E-state index >= 15 is 0 Å². The van der Waals surface area contributed by atoms with Gasteiger partial charge < -0.3 is 20.7 Å². The van der Waals surface area contributed by atoms with Crippen molar-refractivity contribution in [1.29, 1.82) is 0 Å². The van der Waals surface area contributed by atoms with Crippen LogP contribution in [0.2, 0.25) is 0 Å². The van der Waals surface area contributed by atoms with Crippen LogP contribution in [0, 0.1) is 0 Å². The van der Waals surface area contributed by atoms with E-state index in [-0.39, 0.29) is 0 Å². The van der Waals surface area contributed by atoms with Gasteiger partial charge in [-0.3, -0.25) is 4.99 Å². The molecule has 0 saturated heterocycles. The SMILES string of the molecule is COCc1ccccc1NC(N)=NCCN(C)Cc1ccccc1. The van der Waals surface area contributed by atoms with E-state index in [1.165, 1.54) is 5.56 Å². The van der Waals surface area contributed by atoms with Gasteiger partial charge in [0.2, 0.25) is 0 Å². The highest BCUT2D eigenvalue weighted by atomic mass is 16.5. The Morgan fingerprint density at radius 3 is 2.58 bits per heavy atom. The molecule has 0 aliphatic rings. The lowest BCUT2D eigenvalue weighted by atomic mass is 10.2. The number of hydrogen-bond acceptors (Lipinski definition) is 3. The summed E-state index contributed by atoms with van der Waals surface area (Å²) in [7, 11) is 3.76. The molecule has 2 rings (SSSR count). The van der Waals surface area contributed by atoms with Crippen LogP contribution in [0.1, 0.15) is 11.1 Å². The second-order valence-corrected chi connectivity index (χ2v) is 5.71. The Balaban J connectivity index is 1.81. The molecule has 2 aromatic carbocycles. The number of hydrogen-bond donors (Lipinski definition) is 2. The first-order chi connectivity index (χ1) is 11.7. The van der Waals surface area contributed by atoms with E-state index in [9.17, 15) is 0 Å². The molecule has 2 aromatic rings. The van der Waals surface area contributed by atoms with Crippen LogP contribution in [0.15, 0.2) is 59.6 Å². The highest BCUT2D eigenvalue weighted by Gasteiger charge is 2.03. The topological polar surface area (TPSA) is 62.9 Å². The fourth-order valence-electron chi connectivity index (χ4n) is 2.42. The molecular weight excluding hydrogens is 300 g/mol. The van der Waals surface area contributed by atoms with Crippen molar-refractivity contribution in [2.75, 3.05) is 32.6 Å². The van der Waals surface area contributed by atoms with Crippen LogP contribution in [-0.2, 0) is 17.9 Å². The van der Waals surface area contributed by atoms with Gasteiger partial charge in [-0.15, -0.1) is 0 Å². The smallest absolute Gasteiger partial charge is 0.193 e. The third kappa shape index (κ3) is 6.02. The molecule has 0 heterocycles. The molecule has 5 heteroatoms. The summed E-state index contributed by atoms with van der Waals surface area (Å²) in [4.78, 5) is 6.63. The number of anilines is 1. The normalized spacial score (nSPS) is 11.7. The Labute approximate surface area is 144 Å². The molecule has 0 aliphatic heterocycles. The van der Waals surface area contributed by atoms with Crippen LogP contribution in [0.5, 0.6) is 0 Å². The van der Waals surface area contributed by atoms with Gasteiger partial charge in [0.1, 0.15) is 0 Å². The van der Waals surface area contributed by atoms with E-state index in [2.05, 4.69) is 46.5 Å². The van der Waals surface area contributed by atoms with E-state index in [1.54, 1.807) is 7.11 Å². The average molecular weight is 326 g/mol. The van der Waals surface area contributed by atoms with Gasteiger partial charge in [0.25, 0.3) is 0 Å². The fraction of sp³-hybridized carbons (Fsp3) is 0.316. The van der Waals surface area contributed by atoms with E-state index in [0.717, 1.165) is 24.3 Å². The molecule has 0 amide bonds. The summed E-state index contributed by atoms with van der Waals surface area (Å²) in [5, 5.41) is 3.15. The Morgan fingerprint density at radius 2 is 1.83 bits per heavy atom. The molecule has 0 aliphatic carbocycles. The molecule has 0 fully saturated rings. The van der Waals surface area contributed by atoms with Crippen molar-refractivity contribution in [2.45, 2.75) is 13.2 Å². The minimum atomic E-state index is 0.423. The van der Waals surface area contributed by atoms with Crippen molar-refractivity contribution >= 4 is 11.6 Å². The van der Waals surface area contributed by atoms with Gasteiger partial charge in [0, 0.05) is 31.5 Å². The van der Waals surface area contributed by atoms with Gasteiger partial charge in [-0.1, -0.05) is 48.5 Å². The van der Waals surface area contributed by atoms with E-state index in [1.807, 2.05) is 30.3 Å². The van der Waals surface area contributed by atoms with Crippen molar-refractivity contribution in [3.05, 3.63) is 65.7 Å². The van der Waals surface area contributed by atoms with Gasteiger partial charge in [-0.2, -0.15) is 0 Å². The molecule has 0 atom stereocenters. The van der Waals surface area contributed by atoms with Crippen molar-refractivity contribution in [1.82, 2.24) is 4.90 Å². The van der Waals surface area contributed by atoms with Crippen molar-refractivity contribution in [3.63, 3.8) is 0 Å². The fourth-order valence-corrected chi connectivity index (χ4v) is 2.42. The van der Waals surface area contributed by atoms with Crippen LogP contribution in [0.3, 0.4) is 0 Å². The molecule has 5 nitrogen and oxygen atoms in total. The number of para-hydroxylation sites is 1. The van der Waals surface area contributed by atoms with Crippen molar-refractivity contribution < 1.29 is 4.74 Å². The second-order valence-electron chi connectivity index (χ2n) is 5.71. The summed E-state index contributed by atoms with van der Waals surface area (Å²) in [5.41, 5.74) is 9.27. The summed E-state index contributed by atoms with van der Waals surface area (Å²) in [6.45, 7) is 2.93. The first kappa shape index (κ1) is 18.0. The molecule has 0 unspecified atom stereocenters. The van der Waals surface area contributed by atoms with E-state index in [0.29, 0.717) is 19.1 Å². The van der Waals surface area contributed by atoms with E-state index < -0.39 is 0 Å². The molecule has 0 spiro atoms. The summed E-state index contributed by atoms with van der Waals surface area (Å²) in [5.74, 6) is 0.423. The Morgan fingerprint density at radius 1 is 1.12 bits per heavy atom. The van der Waals surface area contributed by atoms with E-state index in [4.69, 9.17) is 10.5 Å². The first-order valence-corrected chi connectivity index (χ1v) is 8.05. The molecule has 128 valence electrons.